The summed E-state index contributed by atoms with van der Waals surface area (Å²) in [5, 5.41) is 8.16. The van der Waals surface area contributed by atoms with Crippen LogP contribution in [0.2, 0.25) is 0 Å². The van der Waals surface area contributed by atoms with Crippen LogP contribution in [0.25, 0.3) is 10.9 Å². The quantitative estimate of drug-likeness (QED) is 0.733. The van der Waals surface area contributed by atoms with Gasteiger partial charge in [-0.1, -0.05) is 18.2 Å². The van der Waals surface area contributed by atoms with E-state index >= 15 is 0 Å². The zero-order chi connectivity index (χ0) is 16.9. The fourth-order valence-corrected chi connectivity index (χ4v) is 2.44. The highest BCUT2D eigenvalue weighted by Gasteiger charge is 2.08. The Hall–Kier alpha value is -3.15. The molecule has 2 aromatic carbocycles. The number of aromatic nitrogens is 2. The lowest BCUT2D eigenvalue weighted by molar-refractivity contribution is -0.116. The van der Waals surface area contributed by atoms with Crippen molar-refractivity contribution < 1.29 is 14.3 Å². The largest absolute Gasteiger partial charge is 0.465 e. The van der Waals surface area contributed by atoms with E-state index in [0.717, 1.165) is 10.9 Å². The van der Waals surface area contributed by atoms with Gasteiger partial charge in [-0.05, 0) is 30.3 Å². The van der Waals surface area contributed by atoms with Gasteiger partial charge in [0.1, 0.15) is 0 Å². The lowest BCUT2D eigenvalue weighted by Gasteiger charge is -2.07. The number of nitrogens with zero attached hydrogens (tertiary/aromatic N) is 2. The summed E-state index contributed by atoms with van der Waals surface area (Å²) in [6.07, 6.45) is 2.10. The predicted molar refractivity (Wildman–Crippen MR) is 90.8 cm³/mol. The molecule has 0 radical (unpaired) electrons. The molecule has 1 aromatic heterocycles. The molecule has 0 saturated carbocycles. The SMILES string of the molecule is COC(=O)c1ccc(NC(=O)CCn2ncc3ccccc32)cc1. The summed E-state index contributed by atoms with van der Waals surface area (Å²) in [7, 11) is 1.33. The van der Waals surface area contributed by atoms with Crippen LogP contribution in [0.1, 0.15) is 16.8 Å². The minimum Gasteiger partial charge on any atom is -0.465 e. The number of aryl methyl sites for hydroxylation is 1. The smallest absolute Gasteiger partial charge is 0.337 e. The molecule has 0 aliphatic rings. The molecule has 122 valence electrons. The fraction of sp³-hybridized carbons (Fsp3) is 0.167. The second-order valence-electron chi connectivity index (χ2n) is 5.29. The van der Waals surface area contributed by atoms with Gasteiger partial charge in [0.05, 0.1) is 30.9 Å². The first-order valence-corrected chi connectivity index (χ1v) is 7.56. The van der Waals surface area contributed by atoms with Crippen LogP contribution in [0.5, 0.6) is 0 Å². The predicted octanol–water partition coefficient (Wildman–Crippen LogP) is 2.85. The number of anilines is 1. The molecular weight excluding hydrogens is 306 g/mol. The highest BCUT2D eigenvalue weighted by molar-refractivity contribution is 5.93. The molecule has 6 nitrogen and oxygen atoms in total. The molecule has 0 atom stereocenters. The minimum atomic E-state index is -0.404. The van der Waals surface area contributed by atoms with Gasteiger partial charge in [0.2, 0.25) is 5.91 Å². The number of para-hydroxylation sites is 1. The number of nitrogens with one attached hydrogen (secondary N) is 1. The van der Waals surface area contributed by atoms with E-state index in [0.29, 0.717) is 24.2 Å². The first-order chi connectivity index (χ1) is 11.7. The highest BCUT2D eigenvalue weighted by atomic mass is 16.5. The number of benzene rings is 2. The number of carbonyl (C=O) groups excluding carboxylic acids is 2. The molecule has 1 N–H and O–H groups in total. The van der Waals surface area contributed by atoms with Crippen LogP contribution in [-0.2, 0) is 16.1 Å². The number of hydrogen-bond donors (Lipinski definition) is 1. The second kappa shape index (κ2) is 6.95. The molecule has 1 heterocycles. The Morgan fingerprint density at radius 3 is 2.62 bits per heavy atom. The number of rotatable bonds is 5. The number of esters is 1. The maximum absolute atomic E-state index is 12.1. The van der Waals surface area contributed by atoms with Crippen LogP contribution in [0.15, 0.2) is 54.7 Å². The first-order valence-electron chi connectivity index (χ1n) is 7.56. The molecule has 0 bridgehead atoms. The van der Waals surface area contributed by atoms with Crippen molar-refractivity contribution in [3.63, 3.8) is 0 Å². The van der Waals surface area contributed by atoms with E-state index in [1.807, 2.05) is 28.9 Å². The van der Waals surface area contributed by atoms with Gasteiger partial charge in [-0.3, -0.25) is 9.48 Å². The Kier molecular flexibility index (Phi) is 4.56. The number of methoxy groups -OCH3 is 1. The van der Waals surface area contributed by atoms with Gasteiger partial charge < -0.3 is 10.1 Å². The van der Waals surface area contributed by atoms with E-state index in [4.69, 9.17) is 0 Å². The summed E-state index contributed by atoms with van der Waals surface area (Å²) >= 11 is 0. The second-order valence-corrected chi connectivity index (χ2v) is 5.29. The van der Waals surface area contributed by atoms with Crippen molar-refractivity contribution in [1.29, 1.82) is 0 Å². The molecule has 24 heavy (non-hydrogen) atoms. The van der Waals surface area contributed by atoms with Gasteiger partial charge in [-0.15, -0.1) is 0 Å². The van der Waals surface area contributed by atoms with Crippen molar-refractivity contribution in [3.8, 4) is 0 Å². The lowest BCUT2D eigenvalue weighted by atomic mass is 10.2. The van der Waals surface area contributed by atoms with E-state index in [-0.39, 0.29) is 5.91 Å². The number of hydrogen-bond acceptors (Lipinski definition) is 4. The summed E-state index contributed by atoms with van der Waals surface area (Å²) in [5.74, 6) is -0.515. The summed E-state index contributed by atoms with van der Waals surface area (Å²) in [6.45, 7) is 0.500. The van der Waals surface area contributed by atoms with Crippen LogP contribution in [0, 0.1) is 0 Å². The Labute approximate surface area is 139 Å². The van der Waals surface area contributed by atoms with Gasteiger partial charge in [0.15, 0.2) is 0 Å². The highest BCUT2D eigenvalue weighted by Crippen LogP contribution is 2.14. The average Bonchev–Trinajstić information content (AvgIpc) is 3.03. The van der Waals surface area contributed by atoms with E-state index in [9.17, 15) is 9.59 Å². The molecule has 0 aliphatic carbocycles. The van der Waals surface area contributed by atoms with E-state index in [1.165, 1.54) is 7.11 Å². The third-order valence-corrected chi connectivity index (χ3v) is 3.69. The molecule has 3 aromatic rings. The van der Waals surface area contributed by atoms with Crippen LogP contribution in [-0.4, -0.2) is 28.8 Å². The molecule has 0 unspecified atom stereocenters. The van der Waals surface area contributed by atoms with Crippen molar-refractivity contribution in [2.45, 2.75) is 13.0 Å². The lowest BCUT2D eigenvalue weighted by Crippen LogP contribution is -2.15. The molecule has 0 spiro atoms. The van der Waals surface area contributed by atoms with Crippen molar-refractivity contribution in [3.05, 3.63) is 60.3 Å². The molecule has 0 saturated heterocycles. The van der Waals surface area contributed by atoms with Crippen molar-refractivity contribution in [2.75, 3.05) is 12.4 Å². The van der Waals surface area contributed by atoms with E-state index in [1.54, 1.807) is 30.5 Å². The van der Waals surface area contributed by atoms with Crippen LogP contribution >= 0.6 is 0 Å². The number of carbonyl (C=O) groups is 2. The molecule has 1 amide bonds. The molecule has 0 fully saturated rings. The first kappa shape index (κ1) is 15.7. The van der Waals surface area contributed by atoms with Crippen LogP contribution in [0.3, 0.4) is 0 Å². The summed E-state index contributed by atoms with van der Waals surface area (Å²) in [5.41, 5.74) is 2.09. The normalized spacial score (nSPS) is 10.5. The maximum atomic E-state index is 12.1. The fourth-order valence-electron chi connectivity index (χ4n) is 2.44. The van der Waals surface area contributed by atoms with Crippen molar-refractivity contribution >= 4 is 28.5 Å². The number of amides is 1. The minimum absolute atomic E-state index is 0.111. The Balaban J connectivity index is 1.58. The third kappa shape index (κ3) is 3.43. The number of fused-ring (bicyclic) bond motifs is 1. The summed E-state index contributed by atoms with van der Waals surface area (Å²) in [6, 6.07) is 14.4. The Morgan fingerprint density at radius 2 is 1.88 bits per heavy atom. The van der Waals surface area contributed by atoms with E-state index < -0.39 is 5.97 Å². The molecule has 3 rings (SSSR count). The van der Waals surface area contributed by atoms with Gasteiger partial charge >= 0.3 is 5.97 Å². The zero-order valence-electron chi connectivity index (χ0n) is 13.2. The van der Waals surface area contributed by atoms with Gasteiger partial charge in [0, 0.05) is 17.5 Å². The molecule has 6 heteroatoms. The van der Waals surface area contributed by atoms with Gasteiger partial charge in [0.25, 0.3) is 0 Å². The average molecular weight is 323 g/mol. The van der Waals surface area contributed by atoms with Crippen molar-refractivity contribution in [2.24, 2.45) is 0 Å². The van der Waals surface area contributed by atoms with Crippen LogP contribution in [0.4, 0.5) is 5.69 Å². The Morgan fingerprint density at radius 1 is 1.12 bits per heavy atom. The van der Waals surface area contributed by atoms with Crippen LogP contribution < -0.4 is 5.32 Å². The summed E-state index contributed by atoms with van der Waals surface area (Å²) in [4.78, 5) is 23.4. The standard InChI is InChI=1S/C18H17N3O3/c1-24-18(23)13-6-8-15(9-7-13)20-17(22)10-11-21-16-5-3-2-4-14(16)12-19-21/h2-9,12H,10-11H2,1H3,(H,20,22). The summed E-state index contributed by atoms with van der Waals surface area (Å²) < 4.78 is 6.45. The number of ether oxygens (including phenoxy) is 1. The molecular formula is C18H17N3O3. The zero-order valence-corrected chi connectivity index (χ0v) is 13.2. The Bertz CT molecular complexity index is 869. The van der Waals surface area contributed by atoms with Crippen molar-refractivity contribution in [1.82, 2.24) is 9.78 Å². The third-order valence-electron chi connectivity index (χ3n) is 3.69. The monoisotopic (exact) mass is 323 g/mol. The topological polar surface area (TPSA) is 73.2 Å². The maximum Gasteiger partial charge on any atom is 0.337 e. The van der Waals surface area contributed by atoms with Gasteiger partial charge in [-0.2, -0.15) is 5.10 Å². The van der Waals surface area contributed by atoms with Gasteiger partial charge in [-0.25, -0.2) is 4.79 Å². The molecule has 0 aliphatic heterocycles. The van der Waals surface area contributed by atoms with E-state index in [2.05, 4.69) is 15.2 Å².